The first-order valence-electron chi connectivity index (χ1n) is 6.83. The van der Waals surface area contributed by atoms with Gasteiger partial charge >= 0.3 is 0 Å². The number of piperidine rings is 1. The van der Waals surface area contributed by atoms with Crippen molar-refractivity contribution >= 4 is 34.8 Å². The average molecular weight is 291 g/mol. The molecule has 0 unspecified atom stereocenters. The van der Waals surface area contributed by atoms with E-state index in [0.29, 0.717) is 0 Å². The molecule has 0 aromatic heterocycles. The van der Waals surface area contributed by atoms with Crippen LogP contribution in [0.15, 0.2) is 42.5 Å². The number of anilines is 1. The van der Waals surface area contributed by atoms with Crippen LogP contribution in [0.1, 0.15) is 12.8 Å². The Morgan fingerprint density at radius 3 is 2.50 bits per heavy atom. The molecule has 0 radical (unpaired) electrons. The normalized spacial score (nSPS) is 15.6. The van der Waals surface area contributed by atoms with E-state index in [1.807, 2.05) is 30.3 Å². The van der Waals surface area contributed by atoms with E-state index in [0.717, 1.165) is 37.0 Å². The average Bonchev–Trinajstić information content (AvgIpc) is 2.48. The molecule has 0 saturated carbocycles. The summed E-state index contributed by atoms with van der Waals surface area (Å²) in [7, 11) is 0. The minimum atomic E-state index is 0. The lowest BCUT2D eigenvalue weighted by Crippen LogP contribution is -2.34. The van der Waals surface area contributed by atoms with E-state index in [1.54, 1.807) is 0 Å². The lowest BCUT2D eigenvalue weighted by Gasteiger charge is -2.21. The molecule has 1 fully saturated rings. The number of hydrogen-bond acceptors (Lipinski definition) is 2. The predicted molar refractivity (Wildman–Crippen MR) is 85.4 cm³/mol. The summed E-state index contributed by atoms with van der Waals surface area (Å²) in [5.74, 6) is 0.296. The molecule has 0 bridgehead atoms. The van der Waals surface area contributed by atoms with Gasteiger partial charge in [-0.2, -0.15) is 0 Å². The molecule has 3 nitrogen and oxygen atoms in total. The van der Waals surface area contributed by atoms with Crippen molar-refractivity contribution in [2.75, 3.05) is 18.4 Å². The number of carbonyl (C=O) groups is 1. The van der Waals surface area contributed by atoms with Crippen LogP contribution >= 0.6 is 12.4 Å². The van der Waals surface area contributed by atoms with Crippen molar-refractivity contribution in [3.05, 3.63) is 42.5 Å². The van der Waals surface area contributed by atoms with Crippen LogP contribution in [0.25, 0.3) is 10.8 Å². The zero-order valence-corrected chi connectivity index (χ0v) is 12.1. The van der Waals surface area contributed by atoms with Gasteiger partial charge in [-0.05, 0) is 48.8 Å². The number of halogens is 1. The van der Waals surface area contributed by atoms with Crippen LogP contribution in [-0.4, -0.2) is 19.0 Å². The summed E-state index contributed by atoms with van der Waals surface area (Å²) >= 11 is 0. The number of amides is 1. The number of benzene rings is 2. The molecule has 1 amide bonds. The van der Waals surface area contributed by atoms with Crippen molar-refractivity contribution in [1.29, 1.82) is 0 Å². The Morgan fingerprint density at radius 1 is 1.05 bits per heavy atom. The Balaban J connectivity index is 0.00000147. The van der Waals surface area contributed by atoms with E-state index in [1.165, 1.54) is 5.39 Å². The van der Waals surface area contributed by atoms with Crippen molar-refractivity contribution in [2.24, 2.45) is 5.92 Å². The molecule has 2 N–H and O–H groups in total. The quantitative estimate of drug-likeness (QED) is 0.892. The molecule has 0 spiro atoms. The second-order valence-electron chi connectivity index (χ2n) is 5.08. The van der Waals surface area contributed by atoms with E-state index >= 15 is 0 Å². The van der Waals surface area contributed by atoms with Crippen LogP contribution in [-0.2, 0) is 4.79 Å². The van der Waals surface area contributed by atoms with Crippen molar-refractivity contribution in [1.82, 2.24) is 5.32 Å². The monoisotopic (exact) mass is 290 g/mol. The molecule has 2 aromatic rings. The fourth-order valence-corrected chi connectivity index (χ4v) is 2.60. The topological polar surface area (TPSA) is 41.1 Å². The lowest BCUT2D eigenvalue weighted by atomic mass is 9.97. The van der Waals surface area contributed by atoms with Gasteiger partial charge in [-0.15, -0.1) is 12.4 Å². The number of rotatable bonds is 2. The van der Waals surface area contributed by atoms with Crippen LogP contribution in [0.5, 0.6) is 0 Å². The minimum Gasteiger partial charge on any atom is -0.326 e. The Kier molecular flexibility index (Phi) is 4.99. The van der Waals surface area contributed by atoms with E-state index in [-0.39, 0.29) is 24.2 Å². The first kappa shape index (κ1) is 14.8. The highest BCUT2D eigenvalue weighted by Crippen LogP contribution is 2.20. The van der Waals surface area contributed by atoms with Gasteiger partial charge < -0.3 is 10.6 Å². The minimum absolute atomic E-state index is 0. The smallest absolute Gasteiger partial charge is 0.227 e. The summed E-state index contributed by atoms with van der Waals surface area (Å²) in [4.78, 5) is 12.2. The third kappa shape index (κ3) is 3.30. The molecule has 3 rings (SSSR count). The fraction of sp³-hybridized carbons (Fsp3) is 0.312. The molecule has 0 aliphatic carbocycles. The third-order valence-corrected chi connectivity index (χ3v) is 3.73. The number of hydrogen-bond donors (Lipinski definition) is 2. The lowest BCUT2D eigenvalue weighted by molar-refractivity contribution is -0.120. The summed E-state index contributed by atoms with van der Waals surface area (Å²) in [5, 5.41) is 8.67. The number of nitrogens with one attached hydrogen (secondary N) is 2. The van der Waals surface area contributed by atoms with Crippen LogP contribution in [0.2, 0.25) is 0 Å². The molecule has 1 heterocycles. The zero-order valence-electron chi connectivity index (χ0n) is 11.3. The first-order chi connectivity index (χ1) is 9.33. The molecule has 20 heavy (non-hydrogen) atoms. The molecule has 1 aliphatic rings. The molecule has 2 aromatic carbocycles. The molecule has 106 valence electrons. The molecular formula is C16H19ClN2O. The standard InChI is InChI=1S/C16H18N2O.ClH/c19-16(13-7-9-17-10-8-13)18-15-6-5-12-3-1-2-4-14(12)11-15;/h1-6,11,13,17H,7-10H2,(H,18,19);1H. The highest BCUT2D eigenvalue weighted by molar-refractivity contribution is 5.95. The Morgan fingerprint density at radius 2 is 1.75 bits per heavy atom. The maximum absolute atomic E-state index is 12.2. The third-order valence-electron chi connectivity index (χ3n) is 3.73. The van der Waals surface area contributed by atoms with Gasteiger partial charge in [0.1, 0.15) is 0 Å². The summed E-state index contributed by atoms with van der Waals surface area (Å²) in [6, 6.07) is 14.2. The molecule has 1 aliphatic heterocycles. The number of fused-ring (bicyclic) bond motifs is 1. The van der Waals surface area contributed by atoms with Gasteiger partial charge in [0, 0.05) is 11.6 Å². The molecule has 0 atom stereocenters. The second-order valence-corrected chi connectivity index (χ2v) is 5.08. The van der Waals surface area contributed by atoms with E-state index in [2.05, 4.69) is 22.8 Å². The summed E-state index contributed by atoms with van der Waals surface area (Å²) < 4.78 is 0. The van der Waals surface area contributed by atoms with E-state index in [9.17, 15) is 4.79 Å². The first-order valence-corrected chi connectivity index (χ1v) is 6.83. The van der Waals surface area contributed by atoms with E-state index in [4.69, 9.17) is 0 Å². The van der Waals surface area contributed by atoms with Crippen molar-refractivity contribution in [3.8, 4) is 0 Å². The fourth-order valence-electron chi connectivity index (χ4n) is 2.60. The van der Waals surface area contributed by atoms with Gasteiger partial charge in [0.15, 0.2) is 0 Å². The van der Waals surface area contributed by atoms with Crippen molar-refractivity contribution in [2.45, 2.75) is 12.8 Å². The predicted octanol–water partition coefficient (Wildman–Crippen LogP) is 3.20. The van der Waals surface area contributed by atoms with Gasteiger partial charge in [0.05, 0.1) is 0 Å². The molecular weight excluding hydrogens is 272 g/mol. The second kappa shape index (κ2) is 6.73. The van der Waals surface area contributed by atoms with Gasteiger partial charge in [-0.1, -0.05) is 30.3 Å². The van der Waals surface area contributed by atoms with Gasteiger partial charge in [0.25, 0.3) is 0 Å². The van der Waals surface area contributed by atoms with Crippen molar-refractivity contribution < 1.29 is 4.79 Å². The summed E-state index contributed by atoms with van der Waals surface area (Å²) in [5.41, 5.74) is 0.891. The van der Waals surface area contributed by atoms with Crippen LogP contribution in [0.4, 0.5) is 5.69 Å². The van der Waals surface area contributed by atoms with E-state index < -0.39 is 0 Å². The summed E-state index contributed by atoms with van der Waals surface area (Å²) in [6.45, 7) is 1.88. The van der Waals surface area contributed by atoms with Gasteiger partial charge in [0.2, 0.25) is 5.91 Å². The molecule has 1 saturated heterocycles. The SMILES string of the molecule is Cl.O=C(Nc1ccc2ccccc2c1)C1CCNCC1. The zero-order chi connectivity index (χ0) is 13.1. The highest BCUT2D eigenvalue weighted by Gasteiger charge is 2.20. The van der Waals surface area contributed by atoms with Gasteiger partial charge in [-0.25, -0.2) is 0 Å². The Bertz CT molecular complexity index is 594. The maximum atomic E-state index is 12.2. The highest BCUT2D eigenvalue weighted by atomic mass is 35.5. The van der Waals surface area contributed by atoms with Gasteiger partial charge in [-0.3, -0.25) is 4.79 Å². The van der Waals surface area contributed by atoms with Crippen LogP contribution < -0.4 is 10.6 Å². The summed E-state index contributed by atoms with van der Waals surface area (Å²) in [6.07, 6.45) is 1.86. The van der Waals surface area contributed by atoms with Crippen LogP contribution in [0, 0.1) is 5.92 Å². The molecule has 4 heteroatoms. The largest absolute Gasteiger partial charge is 0.326 e. The Labute approximate surface area is 125 Å². The van der Waals surface area contributed by atoms with Crippen LogP contribution in [0.3, 0.4) is 0 Å². The number of carbonyl (C=O) groups excluding carboxylic acids is 1. The Hall–Kier alpha value is -1.58. The maximum Gasteiger partial charge on any atom is 0.227 e. The van der Waals surface area contributed by atoms with Crippen molar-refractivity contribution in [3.63, 3.8) is 0 Å².